The normalized spacial score (nSPS) is 13.4. The molecule has 17 heavy (non-hydrogen) atoms. The molecule has 5 heteroatoms. The van der Waals surface area contributed by atoms with Gasteiger partial charge in [-0.05, 0) is 26.2 Å². The van der Waals surface area contributed by atoms with Crippen LogP contribution in [0.3, 0.4) is 0 Å². The monoisotopic (exact) mass is 262 g/mol. The van der Waals surface area contributed by atoms with Crippen LogP contribution < -0.4 is 10.6 Å². The molecule has 0 saturated carbocycles. The van der Waals surface area contributed by atoms with Crippen molar-refractivity contribution in [3.05, 3.63) is 0 Å². The van der Waals surface area contributed by atoms with E-state index in [0.717, 1.165) is 0 Å². The lowest BCUT2D eigenvalue weighted by atomic mass is 9.93. The van der Waals surface area contributed by atoms with Crippen LogP contribution in [0.15, 0.2) is 0 Å². The van der Waals surface area contributed by atoms with E-state index in [4.69, 9.17) is 11.6 Å². The number of hydrogen-bond donors (Lipinski definition) is 2. The molecular weight excluding hydrogens is 240 g/mol. The second-order valence-electron chi connectivity index (χ2n) is 5.29. The Bertz CT molecular complexity index is 278. The first kappa shape index (κ1) is 16.2. The summed E-state index contributed by atoms with van der Waals surface area (Å²) in [5, 5.41) is 5.31. The minimum atomic E-state index is -0.662. The number of nitrogens with one attached hydrogen (secondary N) is 2. The standard InChI is InChI=1S/C12H23ClN2O2/c1-8(2)6-9(10(16)14-5)15-11(17)12(3,4)7-13/h8-9H,6-7H2,1-5H3,(H,14,16)(H,15,17). The van der Waals surface area contributed by atoms with Gasteiger partial charge in [-0.1, -0.05) is 13.8 Å². The van der Waals surface area contributed by atoms with Crippen LogP contribution in [0.25, 0.3) is 0 Å². The van der Waals surface area contributed by atoms with Crippen molar-refractivity contribution >= 4 is 23.4 Å². The summed E-state index contributed by atoms with van der Waals surface area (Å²) in [7, 11) is 1.56. The van der Waals surface area contributed by atoms with Crippen LogP contribution in [0.5, 0.6) is 0 Å². The van der Waals surface area contributed by atoms with Gasteiger partial charge in [-0.25, -0.2) is 0 Å². The Balaban J connectivity index is 4.64. The van der Waals surface area contributed by atoms with Gasteiger partial charge in [0.2, 0.25) is 11.8 Å². The lowest BCUT2D eigenvalue weighted by molar-refractivity contribution is -0.133. The topological polar surface area (TPSA) is 58.2 Å². The summed E-state index contributed by atoms with van der Waals surface area (Å²) < 4.78 is 0. The van der Waals surface area contributed by atoms with Gasteiger partial charge in [0, 0.05) is 12.9 Å². The van der Waals surface area contributed by atoms with E-state index in [1.165, 1.54) is 0 Å². The molecule has 0 heterocycles. The van der Waals surface area contributed by atoms with Crippen LogP contribution in [-0.2, 0) is 9.59 Å². The molecule has 2 amide bonds. The summed E-state index contributed by atoms with van der Waals surface area (Å²) in [5.74, 6) is 0.192. The lowest BCUT2D eigenvalue weighted by Gasteiger charge is -2.25. The average molecular weight is 263 g/mol. The second-order valence-corrected chi connectivity index (χ2v) is 5.55. The van der Waals surface area contributed by atoms with Gasteiger partial charge in [-0.2, -0.15) is 0 Å². The zero-order valence-corrected chi connectivity index (χ0v) is 12.0. The molecule has 1 atom stereocenters. The van der Waals surface area contributed by atoms with Crippen LogP contribution in [0.4, 0.5) is 0 Å². The Morgan fingerprint density at radius 1 is 1.29 bits per heavy atom. The quantitative estimate of drug-likeness (QED) is 0.714. The van der Waals surface area contributed by atoms with E-state index in [1.54, 1.807) is 20.9 Å². The first-order valence-electron chi connectivity index (χ1n) is 5.83. The minimum absolute atomic E-state index is 0.169. The van der Waals surface area contributed by atoms with E-state index in [1.807, 2.05) is 13.8 Å². The fourth-order valence-electron chi connectivity index (χ4n) is 1.29. The molecule has 2 N–H and O–H groups in total. The van der Waals surface area contributed by atoms with Crippen molar-refractivity contribution in [3.8, 4) is 0 Å². The molecule has 1 unspecified atom stereocenters. The van der Waals surface area contributed by atoms with Crippen LogP contribution in [0, 0.1) is 11.3 Å². The summed E-state index contributed by atoms with van der Waals surface area (Å²) >= 11 is 5.73. The van der Waals surface area contributed by atoms with E-state index in [9.17, 15) is 9.59 Å². The van der Waals surface area contributed by atoms with Crippen LogP contribution >= 0.6 is 11.6 Å². The Labute approximate surface area is 108 Å². The Morgan fingerprint density at radius 2 is 1.82 bits per heavy atom. The third-order valence-corrected chi connectivity index (χ3v) is 3.19. The third-order valence-electron chi connectivity index (χ3n) is 2.52. The summed E-state index contributed by atoms with van der Waals surface area (Å²) in [4.78, 5) is 23.6. The molecule has 4 nitrogen and oxygen atoms in total. The predicted octanol–water partition coefficient (Wildman–Crippen LogP) is 1.53. The van der Waals surface area contributed by atoms with Crippen molar-refractivity contribution in [2.45, 2.75) is 40.2 Å². The first-order chi connectivity index (χ1) is 7.74. The molecule has 0 bridgehead atoms. The highest BCUT2D eigenvalue weighted by Gasteiger charge is 2.30. The molecule has 0 aromatic heterocycles. The zero-order valence-electron chi connectivity index (χ0n) is 11.3. The van der Waals surface area contributed by atoms with Crippen molar-refractivity contribution in [3.63, 3.8) is 0 Å². The van der Waals surface area contributed by atoms with Gasteiger partial charge in [0.15, 0.2) is 0 Å². The van der Waals surface area contributed by atoms with Gasteiger partial charge in [-0.3, -0.25) is 9.59 Å². The summed E-state index contributed by atoms with van der Waals surface area (Å²) in [6.07, 6.45) is 0.615. The maximum absolute atomic E-state index is 11.9. The highest BCUT2D eigenvalue weighted by Crippen LogP contribution is 2.18. The zero-order chi connectivity index (χ0) is 13.6. The van der Waals surface area contributed by atoms with E-state index >= 15 is 0 Å². The molecule has 0 aliphatic rings. The van der Waals surface area contributed by atoms with Gasteiger partial charge < -0.3 is 10.6 Å². The summed E-state index contributed by atoms with van der Waals surface area (Å²) in [5.41, 5.74) is -0.662. The maximum atomic E-state index is 11.9. The van der Waals surface area contributed by atoms with Crippen molar-refractivity contribution in [1.82, 2.24) is 10.6 Å². The second kappa shape index (κ2) is 6.84. The highest BCUT2D eigenvalue weighted by molar-refractivity contribution is 6.19. The molecule has 100 valence electrons. The fraction of sp³-hybridized carbons (Fsp3) is 0.833. The number of halogens is 1. The molecular formula is C12H23ClN2O2. The SMILES string of the molecule is CNC(=O)C(CC(C)C)NC(=O)C(C)(C)CCl. The maximum Gasteiger partial charge on any atom is 0.242 e. The number of carbonyl (C=O) groups is 2. The van der Waals surface area contributed by atoms with Gasteiger partial charge in [-0.15, -0.1) is 11.6 Å². The largest absolute Gasteiger partial charge is 0.357 e. The number of hydrogen-bond acceptors (Lipinski definition) is 2. The van der Waals surface area contributed by atoms with Gasteiger partial charge >= 0.3 is 0 Å². The number of carbonyl (C=O) groups excluding carboxylic acids is 2. The van der Waals surface area contributed by atoms with E-state index < -0.39 is 11.5 Å². The molecule has 0 saturated heterocycles. The third kappa shape index (κ3) is 5.39. The van der Waals surface area contributed by atoms with Gasteiger partial charge in [0.1, 0.15) is 6.04 Å². The highest BCUT2D eigenvalue weighted by atomic mass is 35.5. The summed E-state index contributed by atoms with van der Waals surface area (Å²) in [6, 6.07) is -0.491. The molecule has 0 aliphatic carbocycles. The first-order valence-corrected chi connectivity index (χ1v) is 6.36. The van der Waals surface area contributed by atoms with E-state index in [2.05, 4.69) is 10.6 Å². The molecule has 0 spiro atoms. The van der Waals surface area contributed by atoms with Gasteiger partial charge in [0.25, 0.3) is 0 Å². The molecule has 0 rings (SSSR count). The molecule has 0 aromatic rings. The molecule has 0 aliphatic heterocycles. The van der Waals surface area contributed by atoms with Crippen LogP contribution in [-0.4, -0.2) is 30.8 Å². The van der Waals surface area contributed by atoms with Crippen molar-refractivity contribution in [2.75, 3.05) is 12.9 Å². The minimum Gasteiger partial charge on any atom is -0.357 e. The molecule has 0 fully saturated rings. The lowest BCUT2D eigenvalue weighted by Crippen LogP contribution is -2.50. The van der Waals surface area contributed by atoms with Crippen molar-refractivity contribution in [2.24, 2.45) is 11.3 Å². The fourth-order valence-corrected chi connectivity index (χ4v) is 1.41. The van der Waals surface area contributed by atoms with Crippen LogP contribution in [0.2, 0.25) is 0 Å². The average Bonchev–Trinajstić information content (AvgIpc) is 2.26. The number of amides is 2. The van der Waals surface area contributed by atoms with Crippen molar-refractivity contribution < 1.29 is 9.59 Å². The molecule has 0 aromatic carbocycles. The Kier molecular flexibility index (Phi) is 6.53. The van der Waals surface area contributed by atoms with E-state index in [0.29, 0.717) is 12.3 Å². The Morgan fingerprint density at radius 3 is 2.18 bits per heavy atom. The van der Waals surface area contributed by atoms with Crippen molar-refractivity contribution in [1.29, 1.82) is 0 Å². The summed E-state index contributed by atoms with van der Waals surface area (Å²) in [6.45, 7) is 7.53. The van der Waals surface area contributed by atoms with E-state index in [-0.39, 0.29) is 17.7 Å². The number of alkyl halides is 1. The smallest absolute Gasteiger partial charge is 0.242 e. The number of likely N-dealkylation sites (N-methyl/N-ethyl adjacent to an activating group) is 1. The number of rotatable bonds is 6. The predicted molar refractivity (Wildman–Crippen MR) is 70.0 cm³/mol. The van der Waals surface area contributed by atoms with Crippen LogP contribution in [0.1, 0.15) is 34.1 Å². The van der Waals surface area contributed by atoms with Gasteiger partial charge in [0.05, 0.1) is 5.41 Å². The Hall–Kier alpha value is -0.770. The molecule has 0 radical (unpaired) electrons.